The quantitative estimate of drug-likeness (QED) is 0.831. The molecule has 1 atom stereocenters. The number of halogens is 3. The van der Waals surface area contributed by atoms with Crippen LogP contribution in [0.4, 0.5) is 0 Å². The summed E-state index contributed by atoms with van der Waals surface area (Å²) in [6.45, 7) is 3.85. The fourth-order valence-electron chi connectivity index (χ4n) is 1.24. The SMILES string of the molecule is CCC(C)(CCl)NC(=O)c1cccc(Cl)c1Cl. The van der Waals surface area contributed by atoms with Gasteiger partial charge in [0.25, 0.3) is 5.91 Å². The number of carbonyl (C=O) groups is 1. The highest BCUT2D eigenvalue weighted by atomic mass is 35.5. The van der Waals surface area contributed by atoms with Crippen LogP contribution in [0.15, 0.2) is 18.2 Å². The van der Waals surface area contributed by atoms with E-state index >= 15 is 0 Å². The molecule has 0 aliphatic heterocycles. The van der Waals surface area contributed by atoms with Gasteiger partial charge in [-0.25, -0.2) is 0 Å². The second kappa shape index (κ2) is 5.94. The smallest absolute Gasteiger partial charge is 0.253 e. The van der Waals surface area contributed by atoms with E-state index in [1.165, 1.54) is 0 Å². The molecule has 0 aliphatic rings. The molecule has 1 rings (SSSR count). The molecular formula is C12H14Cl3NO. The molecule has 0 radical (unpaired) electrons. The highest BCUT2D eigenvalue weighted by Crippen LogP contribution is 2.26. The molecule has 2 nitrogen and oxygen atoms in total. The minimum atomic E-state index is -0.440. The summed E-state index contributed by atoms with van der Waals surface area (Å²) in [6, 6.07) is 4.96. The molecule has 1 N–H and O–H groups in total. The first kappa shape index (κ1) is 14.6. The minimum Gasteiger partial charge on any atom is -0.346 e. The van der Waals surface area contributed by atoms with E-state index in [2.05, 4.69) is 5.32 Å². The fourth-order valence-corrected chi connectivity index (χ4v) is 1.88. The molecule has 94 valence electrons. The first-order valence-electron chi connectivity index (χ1n) is 5.26. The zero-order valence-corrected chi connectivity index (χ0v) is 12.0. The van der Waals surface area contributed by atoms with Crippen LogP contribution in [-0.4, -0.2) is 17.3 Å². The van der Waals surface area contributed by atoms with Crippen LogP contribution in [0.1, 0.15) is 30.6 Å². The molecule has 0 aliphatic carbocycles. The highest BCUT2D eigenvalue weighted by Gasteiger charge is 2.24. The Kier molecular flexibility index (Phi) is 5.11. The van der Waals surface area contributed by atoms with Gasteiger partial charge in [0.15, 0.2) is 0 Å². The fraction of sp³-hybridized carbons (Fsp3) is 0.417. The topological polar surface area (TPSA) is 29.1 Å². The minimum absolute atomic E-state index is 0.262. The van der Waals surface area contributed by atoms with Crippen molar-refractivity contribution >= 4 is 40.7 Å². The number of alkyl halides is 1. The molecule has 0 saturated carbocycles. The van der Waals surface area contributed by atoms with Crippen LogP contribution < -0.4 is 5.32 Å². The molecule has 1 aromatic carbocycles. The Labute approximate surface area is 116 Å². The van der Waals surface area contributed by atoms with Gasteiger partial charge in [-0.3, -0.25) is 4.79 Å². The van der Waals surface area contributed by atoms with Gasteiger partial charge in [-0.05, 0) is 25.5 Å². The largest absolute Gasteiger partial charge is 0.346 e. The van der Waals surface area contributed by atoms with Gasteiger partial charge in [0.2, 0.25) is 0 Å². The van der Waals surface area contributed by atoms with Crippen LogP contribution >= 0.6 is 34.8 Å². The predicted molar refractivity (Wildman–Crippen MR) is 73.3 cm³/mol. The van der Waals surface area contributed by atoms with Crippen molar-refractivity contribution in [2.75, 3.05) is 5.88 Å². The van der Waals surface area contributed by atoms with E-state index in [1.54, 1.807) is 18.2 Å². The standard InChI is InChI=1S/C12H14Cl3NO/c1-3-12(2,7-13)16-11(17)8-5-4-6-9(14)10(8)15/h4-6H,3,7H2,1-2H3,(H,16,17). The number of hydrogen-bond acceptors (Lipinski definition) is 1. The third kappa shape index (κ3) is 3.51. The Morgan fingerprint density at radius 1 is 1.41 bits per heavy atom. The monoisotopic (exact) mass is 293 g/mol. The van der Waals surface area contributed by atoms with Gasteiger partial charge in [0.1, 0.15) is 0 Å². The van der Waals surface area contributed by atoms with Crippen LogP contribution in [0, 0.1) is 0 Å². The number of benzene rings is 1. The van der Waals surface area contributed by atoms with E-state index < -0.39 is 5.54 Å². The molecule has 0 spiro atoms. The molecule has 0 bridgehead atoms. The van der Waals surface area contributed by atoms with E-state index in [1.807, 2.05) is 13.8 Å². The lowest BCUT2D eigenvalue weighted by atomic mass is 10.0. The van der Waals surface area contributed by atoms with Crippen molar-refractivity contribution in [1.82, 2.24) is 5.32 Å². The van der Waals surface area contributed by atoms with Crippen LogP contribution in [0.25, 0.3) is 0 Å². The summed E-state index contributed by atoms with van der Waals surface area (Å²) in [5.41, 5.74) is -0.0754. The molecule has 0 fully saturated rings. The van der Waals surface area contributed by atoms with E-state index in [-0.39, 0.29) is 10.9 Å². The number of hydrogen-bond donors (Lipinski definition) is 1. The number of carbonyl (C=O) groups excluding carboxylic acids is 1. The van der Waals surface area contributed by atoms with Crippen LogP contribution in [0.5, 0.6) is 0 Å². The maximum Gasteiger partial charge on any atom is 0.253 e. The van der Waals surface area contributed by atoms with Crippen molar-refractivity contribution in [2.45, 2.75) is 25.8 Å². The summed E-state index contributed by atoms with van der Waals surface area (Å²) in [4.78, 5) is 12.0. The van der Waals surface area contributed by atoms with Gasteiger partial charge in [-0.2, -0.15) is 0 Å². The Bertz CT molecular complexity index is 416. The summed E-state index contributed by atoms with van der Waals surface area (Å²) in [5, 5.41) is 3.49. The summed E-state index contributed by atoms with van der Waals surface area (Å²) in [5.74, 6) is 0.0791. The van der Waals surface area contributed by atoms with Crippen LogP contribution in [-0.2, 0) is 0 Å². The summed E-state index contributed by atoms with van der Waals surface area (Å²) >= 11 is 17.7. The highest BCUT2D eigenvalue weighted by molar-refractivity contribution is 6.43. The van der Waals surface area contributed by atoms with E-state index in [4.69, 9.17) is 34.8 Å². The zero-order valence-electron chi connectivity index (χ0n) is 9.69. The van der Waals surface area contributed by atoms with Crippen molar-refractivity contribution < 1.29 is 4.79 Å². The van der Waals surface area contributed by atoms with Gasteiger partial charge < -0.3 is 5.32 Å². The van der Waals surface area contributed by atoms with Crippen molar-refractivity contribution in [2.24, 2.45) is 0 Å². The Balaban J connectivity index is 2.94. The second-order valence-corrected chi connectivity index (χ2v) is 5.16. The lowest BCUT2D eigenvalue weighted by molar-refractivity contribution is 0.0912. The van der Waals surface area contributed by atoms with Crippen molar-refractivity contribution in [3.05, 3.63) is 33.8 Å². The molecule has 1 amide bonds. The predicted octanol–water partition coefficient (Wildman–Crippen LogP) is 4.13. The molecule has 1 unspecified atom stereocenters. The molecule has 0 aromatic heterocycles. The molecule has 1 aromatic rings. The van der Waals surface area contributed by atoms with Crippen LogP contribution in [0.2, 0.25) is 10.0 Å². The third-order valence-corrected chi connectivity index (χ3v) is 4.10. The lowest BCUT2D eigenvalue weighted by Crippen LogP contribution is -2.47. The van der Waals surface area contributed by atoms with Crippen LogP contribution in [0.3, 0.4) is 0 Å². The van der Waals surface area contributed by atoms with Gasteiger partial charge in [0, 0.05) is 5.88 Å². The Morgan fingerprint density at radius 3 is 2.59 bits per heavy atom. The van der Waals surface area contributed by atoms with Gasteiger partial charge in [-0.15, -0.1) is 11.6 Å². The number of nitrogens with one attached hydrogen (secondary N) is 1. The molecule has 17 heavy (non-hydrogen) atoms. The first-order chi connectivity index (χ1) is 7.93. The van der Waals surface area contributed by atoms with Gasteiger partial charge >= 0.3 is 0 Å². The molecule has 0 saturated heterocycles. The van der Waals surface area contributed by atoms with E-state index in [0.29, 0.717) is 16.5 Å². The van der Waals surface area contributed by atoms with Gasteiger partial charge in [-0.1, -0.05) is 36.2 Å². The maximum atomic E-state index is 12.0. The third-order valence-electron chi connectivity index (χ3n) is 2.69. The summed E-state index contributed by atoms with van der Waals surface area (Å²) < 4.78 is 0. The summed E-state index contributed by atoms with van der Waals surface area (Å²) in [6.07, 6.45) is 0.737. The second-order valence-electron chi connectivity index (χ2n) is 4.10. The Hall–Kier alpha value is -0.440. The van der Waals surface area contributed by atoms with E-state index in [9.17, 15) is 4.79 Å². The summed E-state index contributed by atoms with van der Waals surface area (Å²) in [7, 11) is 0. The zero-order chi connectivity index (χ0) is 13.1. The number of rotatable bonds is 4. The average Bonchev–Trinajstić information content (AvgIpc) is 2.32. The maximum absolute atomic E-state index is 12.0. The first-order valence-corrected chi connectivity index (χ1v) is 6.55. The number of amides is 1. The Morgan fingerprint density at radius 2 is 2.06 bits per heavy atom. The molecule has 0 heterocycles. The van der Waals surface area contributed by atoms with E-state index in [0.717, 1.165) is 6.42 Å². The molecular weight excluding hydrogens is 280 g/mol. The average molecular weight is 295 g/mol. The lowest BCUT2D eigenvalue weighted by Gasteiger charge is -2.27. The van der Waals surface area contributed by atoms with Crippen molar-refractivity contribution in [1.29, 1.82) is 0 Å². The normalized spacial score (nSPS) is 14.2. The van der Waals surface area contributed by atoms with Crippen molar-refractivity contribution in [3.8, 4) is 0 Å². The van der Waals surface area contributed by atoms with Gasteiger partial charge in [0.05, 0.1) is 21.1 Å². The van der Waals surface area contributed by atoms with Crippen molar-refractivity contribution in [3.63, 3.8) is 0 Å². The molecule has 5 heteroatoms.